The van der Waals surface area contributed by atoms with E-state index in [0.717, 1.165) is 18.5 Å². The second-order valence-electron chi connectivity index (χ2n) is 3.52. The number of nitrogens with zero attached hydrogens (tertiary/aromatic N) is 2. The summed E-state index contributed by atoms with van der Waals surface area (Å²) in [5.74, 6) is 0.852. The Morgan fingerprint density at radius 1 is 1.36 bits per heavy atom. The summed E-state index contributed by atoms with van der Waals surface area (Å²) in [6.07, 6.45) is 2.37. The van der Waals surface area contributed by atoms with Crippen molar-refractivity contribution in [3.63, 3.8) is 0 Å². The van der Waals surface area contributed by atoms with Crippen LogP contribution in [0.4, 0.5) is 0 Å². The first kappa shape index (κ1) is 9.27. The molecule has 0 unspecified atom stereocenters. The fourth-order valence-electron chi connectivity index (χ4n) is 1.89. The van der Waals surface area contributed by atoms with Crippen molar-refractivity contribution in [3.05, 3.63) is 22.8 Å². The van der Waals surface area contributed by atoms with Crippen LogP contribution in [0.15, 0.2) is 0 Å². The Labute approximate surface area is 82.6 Å². The van der Waals surface area contributed by atoms with Crippen molar-refractivity contribution >= 4 is 5.78 Å². The van der Waals surface area contributed by atoms with Crippen LogP contribution in [0.2, 0.25) is 0 Å². The van der Waals surface area contributed by atoms with Gasteiger partial charge >= 0.3 is 0 Å². The smallest absolute Gasteiger partial charge is 0.166 e. The number of aromatic nitrogens is 2. The molecular formula is C10H13N3O. The van der Waals surface area contributed by atoms with Crippen LogP contribution in [0.3, 0.4) is 0 Å². The van der Waals surface area contributed by atoms with Crippen LogP contribution >= 0.6 is 0 Å². The number of fused-ring (bicyclic) bond motifs is 1. The molecular weight excluding hydrogens is 178 g/mol. The van der Waals surface area contributed by atoms with Gasteiger partial charge in [0.1, 0.15) is 5.82 Å². The second kappa shape index (κ2) is 3.46. The normalized spacial score (nSPS) is 15.4. The summed E-state index contributed by atoms with van der Waals surface area (Å²) in [7, 11) is 0. The van der Waals surface area contributed by atoms with Crippen LogP contribution < -0.4 is 5.73 Å². The molecule has 1 aliphatic rings. The molecule has 0 saturated carbocycles. The summed E-state index contributed by atoms with van der Waals surface area (Å²) < 4.78 is 0. The van der Waals surface area contributed by atoms with E-state index < -0.39 is 0 Å². The number of Topliss-reactive ketones (excluding diaryl/α,β-unsaturated/α-hetero) is 1. The lowest BCUT2D eigenvalue weighted by Gasteiger charge is -2.16. The van der Waals surface area contributed by atoms with E-state index in [0.29, 0.717) is 30.0 Å². The number of hydrogen-bond donors (Lipinski definition) is 1. The molecule has 2 rings (SSSR count). The molecule has 0 spiro atoms. The Hall–Kier alpha value is -1.29. The lowest BCUT2D eigenvalue weighted by molar-refractivity contribution is 0.0970. The van der Waals surface area contributed by atoms with Crippen LogP contribution in [0, 0.1) is 6.92 Å². The molecule has 0 saturated heterocycles. The Bertz CT molecular complexity index is 370. The van der Waals surface area contributed by atoms with Crippen LogP contribution in [-0.4, -0.2) is 15.8 Å². The van der Waals surface area contributed by atoms with Gasteiger partial charge in [0.25, 0.3) is 0 Å². The molecule has 4 heteroatoms. The standard InChI is InChI=1S/C10H13N3O/c1-6-12-7-3-2-4-9(14)10(7)8(5-11)13-6/h2-5,11H2,1H3. The molecule has 0 radical (unpaired) electrons. The highest BCUT2D eigenvalue weighted by atomic mass is 16.1. The molecule has 0 aliphatic heterocycles. The van der Waals surface area contributed by atoms with E-state index in [-0.39, 0.29) is 5.78 Å². The third-order valence-electron chi connectivity index (χ3n) is 2.46. The average Bonchev–Trinajstić information content (AvgIpc) is 2.16. The number of nitrogens with two attached hydrogens (primary N) is 1. The van der Waals surface area contributed by atoms with Gasteiger partial charge in [-0.3, -0.25) is 4.79 Å². The predicted octanol–water partition coefficient (Wildman–Crippen LogP) is 0.763. The van der Waals surface area contributed by atoms with Gasteiger partial charge in [0.05, 0.1) is 17.0 Å². The maximum absolute atomic E-state index is 11.6. The lowest BCUT2D eigenvalue weighted by Crippen LogP contribution is -2.19. The van der Waals surface area contributed by atoms with Crippen molar-refractivity contribution in [2.75, 3.05) is 0 Å². The van der Waals surface area contributed by atoms with Crippen LogP contribution in [-0.2, 0) is 13.0 Å². The first-order valence-electron chi connectivity index (χ1n) is 4.82. The van der Waals surface area contributed by atoms with Crippen molar-refractivity contribution in [1.29, 1.82) is 0 Å². The van der Waals surface area contributed by atoms with Gasteiger partial charge < -0.3 is 5.73 Å². The SMILES string of the molecule is Cc1nc(CN)c2c(n1)CCCC2=O. The van der Waals surface area contributed by atoms with E-state index in [2.05, 4.69) is 9.97 Å². The monoisotopic (exact) mass is 191 g/mol. The Morgan fingerprint density at radius 3 is 2.86 bits per heavy atom. The fraction of sp³-hybridized carbons (Fsp3) is 0.500. The molecule has 1 aromatic heterocycles. The minimum absolute atomic E-state index is 0.145. The maximum Gasteiger partial charge on any atom is 0.166 e. The lowest BCUT2D eigenvalue weighted by atomic mass is 9.93. The van der Waals surface area contributed by atoms with E-state index in [4.69, 9.17) is 5.73 Å². The maximum atomic E-state index is 11.6. The van der Waals surface area contributed by atoms with Gasteiger partial charge in [-0.15, -0.1) is 0 Å². The zero-order chi connectivity index (χ0) is 10.1. The molecule has 74 valence electrons. The predicted molar refractivity (Wildman–Crippen MR) is 51.9 cm³/mol. The molecule has 0 bridgehead atoms. The van der Waals surface area contributed by atoms with Crippen molar-refractivity contribution in [3.8, 4) is 0 Å². The van der Waals surface area contributed by atoms with Crippen LogP contribution in [0.25, 0.3) is 0 Å². The van der Waals surface area contributed by atoms with Crippen molar-refractivity contribution in [2.45, 2.75) is 32.7 Å². The molecule has 1 heterocycles. The largest absolute Gasteiger partial charge is 0.325 e. The van der Waals surface area contributed by atoms with E-state index in [1.807, 2.05) is 6.92 Å². The number of ketones is 1. The molecule has 2 N–H and O–H groups in total. The van der Waals surface area contributed by atoms with Gasteiger partial charge in [-0.25, -0.2) is 9.97 Å². The van der Waals surface area contributed by atoms with Gasteiger partial charge in [-0.2, -0.15) is 0 Å². The van der Waals surface area contributed by atoms with Gasteiger partial charge in [-0.1, -0.05) is 0 Å². The summed E-state index contributed by atoms with van der Waals surface area (Å²) in [5, 5.41) is 0. The van der Waals surface area contributed by atoms with Crippen LogP contribution in [0.5, 0.6) is 0 Å². The van der Waals surface area contributed by atoms with Gasteiger partial charge in [0, 0.05) is 13.0 Å². The zero-order valence-corrected chi connectivity index (χ0v) is 8.21. The topological polar surface area (TPSA) is 68.9 Å². The number of rotatable bonds is 1. The molecule has 14 heavy (non-hydrogen) atoms. The first-order chi connectivity index (χ1) is 6.72. The summed E-state index contributed by atoms with van der Waals surface area (Å²) in [6.45, 7) is 2.15. The van der Waals surface area contributed by atoms with Gasteiger partial charge in [0.15, 0.2) is 5.78 Å². The van der Waals surface area contributed by atoms with E-state index in [1.165, 1.54) is 0 Å². The molecule has 1 aliphatic carbocycles. The molecule has 0 atom stereocenters. The zero-order valence-electron chi connectivity index (χ0n) is 8.21. The van der Waals surface area contributed by atoms with Crippen molar-refractivity contribution in [1.82, 2.24) is 9.97 Å². The average molecular weight is 191 g/mol. The molecule has 0 aromatic carbocycles. The second-order valence-corrected chi connectivity index (χ2v) is 3.52. The number of carbonyl (C=O) groups is 1. The first-order valence-corrected chi connectivity index (χ1v) is 4.82. The fourth-order valence-corrected chi connectivity index (χ4v) is 1.89. The third kappa shape index (κ3) is 1.42. The highest BCUT2D eigenvalue weighted by Crippen LogP contribution is 2.21. The molecule has 1 aromatic rings. The third-order valence-corrected chi connectivity index (χ3v) is 2.46. The quantitative estimate of drug-likeness (QED) is 0.711. The highest BCUT2D eigenvalue weighted by Gasteiger charge is 2.22. The van der Waals surface area contributed by atoms with Gasteiger partial charge in [0.2, 0.25) is 0 Å². The molecule has 0 fully saturated rings. The number of aryl methyl sites for hydroxylation is 2. The summed E-state index contributed by atoms with van der Waals surface area (Å²) in [6, 6.07) is 0. The molecule has 4 nitrogen and oxygen atoms in total. The van der Waals surface area contributed by atoms with Gasteiger partial charge in [-0.05, 0) is 19.8 Å². The Morgan fingerprint density at radius 2 is 2.14 bits per heavy atom. The molecule has 0 amide bonds. The number of hydrogen-bond acceptors (Lipinski definition) is 4. The minimum atomic E-state index is 0.145. The van der Waals surface area contributed by atoms with Crippen molar-refractivity contribution < 1.29 is 4.79 Å². The van der Waals surface area contributed by atoms with Crippen LogP contribution in [0.1, 0.15) is 40.4 Å². The summed E-state index contributed by atoms with van der Waals surface area (Å²) in [4.78, 5) is 20.1. The number of carbonyl (C=O) groups excluding carboxylic acids is 1. The Kier molecular flexibility index (Phi) is 2.29. The van der Waals surface area contributed by atoms with E-state index in [9.17, 15) is 4.79 Å². The van der Waals surface area contributed by atoms with E-state index in [1.54, 1.807) is 0 Å². The minimum Gasteiger partial charge on any atom is -0.325 e. The Balaban J connectivity index is 2.61. The summed E-state index contributed by atoms with van der Waals surface area (Å²) in [5.41, 5.74) is 7.84. The van der Waals surface area contributed by atoms with Crippen molar-refractivity contribution in [2.24, 2.45) is 5.73 Å². The highest BCUT2D eigenvalue weighted by molar-refractivity contribution is 5.99. The van der Waals surface area contributed by atoms with E-state index >= 15 is 0 Å². The summed E-state index contributed by atoms with van der Waals surface area (Å²) >= 11 is 0.